The number of unbranched alkanes of at least 4 members (excludes halogenated alkanes) is 3. The molecule has 1 aliphatic rings. The molecule has 14 amide bonds. The Balaban J connectivity index is 2.67. The predicted octanol–water partition coefficient (Wildman–Crippen LogP) is -11.0. The van der Waals surface area contributed by atoms with Gasteiger partial charge < -0.3 is 179 Å². The zero-order chi connectivity index (χ0) is 101. The quantitative estimate of drug-likeness (QED) is 0.0164. The highest BCUT2D eigenvalue weighted by Gasteiger charge is 2.40. The molecule has 1 aromatic carbocycles. The van der Waals surface area contributed by atoms with E-state index in [1.165, 1.54) is 17.0 Å². The van der Waals surface area contributed by atoms with E-state index in [9.17, 15) is 77.3 Å². The van der Waals surface area contributed by atoms with Crippen molar-refractivity contribution in [2.45, 2.75) is 252 Å². The number of nitrogens with one attached hydrogen (secondary N) is 26. The van der Waals surface area contributed by atoms with Gasteiger partial charge in [0.05, 0.1) is 13.0 Å². The van der Waals surface area contributed by atoms with Crippen LogP contribution in [0.3, 0.4) is 0 Å². The van der Waals surface area contributed by atoms with Gasteiger partial charge in [0.2, 0.25) is 82.7 Å². The van der Waals surface area contributed by atoms with Gasteiger partial charge in [-0.05, 0) is 204 Å². The van der Waals surface area contributed by atoms with E-state index < -0.39 is 210 Å². The number of carboxylic acid groups (broad SMARTS) is 1. The summed E-state index contributed by atoms with van der Waals surface area (Å²) < 4.78 is 0. The molecule has 0 bridgehead atoms. The molecule has 1 aromatic rings. The lowest BCUT2D eigenvalue weighted by atomic mass is 10.0. The number of carboxylic acids is 1. The Morgan fingerprint density at radius 3 is 0.852 bits per heavy atom. The molecule has 1 aliphatic heterocycles. The van der Waals surface area contributed by atoms with E-state index in [0.717, 1.165) is 0 Å². The minimum Gasteiger partial charge on any atom is -0.508 e. The highest BCUT2D eigenvalue weighted by molar-refractivity contribution is 6.00. The van der Waals surface area contributed by atoms with Crippen LogP contribution in [0.1, 0.15) is 179 Å². The number of carbonyl (C=O) groups is 15. The van der Waals surface area contributed by atoms with Crippen LogP contribution >= 0.6 is 0 Å². The Morgan fingerprint density at radius 2 is 0.578 bits per heavy atom. The van der Waals surface area contributed by atoms with Gasteiger partial charge in [-0.3, -0.25) is 105 Å². The minimum atomic E-state index is -1.78. The van der Waals surface area contributed by atoms with Crippen LogP contribution in [-0.2, 0) is 78.3 Å². The van der Waals surface area contributed by atoms with Crippen molar-refractivity contribution in [2.75, 3.05) is 78.5 Å². The fourth-order valence-electron chi connectivity index (χ4n) is 13.9. The molecule has 55 nitrogen and oxygen atoms in total. The molecule has 0 spiro atoms. The first-order valence-electron chi connectivity index (χ1n) is 44.9. The standard InChI is InChI=1S/C80H146N38O17/c81-32-4-1-15-49(109-63(124)48(19-8-36-100-75(87)88)107-60(121)44-106-62(123)47(18-7-35-99-74(85)86)108-66(127)51(17-3-6-34-83)116-72(133)58-25-14-42-118(58)61(122)43-45-26-28-46(119)29-27-45)64(125)110-50(16-2-5-33-82)65(126)111-52(20-9-37-101-76(89)90)67(128)112-54(22-11-39-103-78(93)94)69(130)115-56(30-31-59(84)120)71(132)114-53(21-10-38-102-77(91)92)68(129)113-55(23-12-40-104-79(95)96)70(131)117-57(73(134)135)24-13-41-105-80(97)98/h26-29,47-58,119H,1-25,30-44,81-83H2,(H2,84,120)(H,106,123)(H,107,121)(H,108,127)(H,109,124)(H,110,125)(H,111,126)(H,112,128)(H,113,129)(H,114,132)(H,115,130)(H,116,133)(H,117,131)(H,134,135)(H4,85,86,99)(H4,87,88,100)(H4,89,90,101)(H4,91,92,102)(H4,93,94,103)(H4,95,96,104)(H4,97,98,105)/t47-,48-,49-,50-,51-,52-,53-,54-,55-,56-,57-,58-/m0/s1. The molecule has 758 valence electrons. The number of phenolic OH excluding ortho intramolecular Hbond substituents is 1. The van der Waals surface area contributed by atoms with Gasteiger partial charge in [-0.2, -0.15) is 0 Å². The van der Waals surface area contributed by atoms with E-state index in [4.69, 9.17) is 101 Å². The molecule has 0 radical (unpaired) electrons. The molecular formula is C80H146N38O17. The Hall–Kier alpha value is -14.2. The second kappa shape index (κ2) is 66.2. The monoisotopic (exact) mass is 1910 g/mol. The first-order chi connectivity index (χ1) is 64.1. The van der Waals surface area contributed by atoms with Crippen LogP contribution < -0.4 is 164 Å². The van der Waals surface area contributed by atoms with Gasteiger partial charge in [0.15, 0.2) is 41.7 Å². The lowest BCUT2D eigenvalue weighted by molar-refractivity contribution is -0.142. The average molecular weight is 1910 g/mol. The van der Waals surface area contributed by atoms with Crippen molar-refractivity contribution in [3.05, 3.63) is 29.8 Å². The number of rotatable bonds is 70. The first-order valence-corrected chi connectivity index (χ1v) is 44.9. The number of guanidine groups is 7. The van der Waals surface area contributed by atoms with Crippen molar-refractivity contribution in [2.24, 2.45) is 63.1 Å². The van der Waals surface area contributed by atoms with Crippen LogP contribution in [-0.4, -0.2) is 297 Å². The number of carbonyl (C=O) groups excluding carboxylic acids is 14. The highest BCUT2D eigenvalue weighted by Crippen LogP contribution is 2.22. The average Bonchev–Trinajstić information content (AvgIpc) is 1.80. The molecule has 50 N–H and O–H groups in total. The normalized spacial score (nSPS) is 14.4. The number of nitrogens with zero attached hydrogens (tertiary/aromatic N) is 1. The lowest BCUT2D eigenvalue weighted by Crippen LogP contribution is -2.60. The van der Waals surface area contributed by atoms with Crippen molar-refractivity contribution in [3.8, 4) is 5.75 Å². The van der Waals surface area contributed by atoms with Crippen LogP contribution in [0.4, 0.5) is 0 Å². The van der Waals surface area contributed by atoms with E-state index in [2.05, 4.69) is 101 Å². The molecule has 12 atom stereocenters. The van der Waals surface area contributed by atoms with Gasteiger partial charge in [-0.1, -0.05) is 12.1 Å². The molecule has 2 rings (SSSR count). The molecule has 0 saturated carbocycles. The summed E-state index contributed by atoms with van der Waals surface area (Å²) in [5, 5.41) is 122. The summed E-state index contributed by atoms with van der Waals surface area (Å²) in [4.78, 5) is 214. The summed E-state index contributed by atoms with van der Waals surface area (Å²) in [6.07, 6.45) is -0.254. The van der Waals surface area contributed by atoms with E-state index in [1.54, 1.807) is 12.1 Å². The third-order valence-corrected chi connectivity index (χ3v) is 21.0. The number of phenols is 1. The summed E-state index contributed by atoms with van der Waals surface area (Å²) in [6, 6.07) is -11.9. The van der Waals surface area contributed by atoms with E-state index in [-0.39, 0.29) is 224 Å². The molecule has 0 aliphatic carbocycles. The third-order valence-electron chi connectivity index (χ3n) is 21.0. The second-order valence-electron chi connectivity index (χ2n) is 32.1. The van der Waals surface area contributed by atoms with E-state index >= 15 is 4.79 Å². The van der Waals surface area contributed by atoms with Crippen molar-refractivity contribution in [3.63, 3.8) is 0 Å². The van der Waals surface area contributed by atoms with Gasteiger partial charge in [-0.25, -0.2) is 4.79 Å². The number of amides is 14. The zero-order valence-electron chi connectivity index (χ0n) is 76.3. The van der Waals surface area contributed by atoms with Gasteiger partial charge in [0.25, 0.3) is 0 Å². The van der Waals surface area contributed by atoms with Gasteiger partial charge in [-0.15, -0.1) is 0 Å². The molecule has 135 heavy (non-hydrogen) atoms. The number of benzene rings is 1. The fraction of sp³-hybridized carbons (Fsp3) is 0.650. The number of primary amides is 1. The summed E-state index contributed by atoms with van der Waals surface area (Å²) in [5.74, 6) is -17.4. The molecule has 55 heteroatoms. The third kappa shape index (κ3) is 51.5. The number of aliphatic carboxylic acids is 1. The van der Waals surface area contributed by atoms with E-state index in [1.807, 2.05) is 0 Å². The van der Waals surface area contributed by atoms with Gasteiger partial charge in [0, 0.05) is 58.8 Å². The van der Waals surface area contributed by atoms with Crippen LogP contribution in [0.2, 0.25) is 0 Å². The molecule has 0 unspecified atom stereocenters. The second-order valence-corrected chi connectivity index (χ2v) is 32.1. The largest absolute Gasteiger partial charge is 0.508 e. The minimum absolute atomic E-state index is 0.00184. The Morgan fingerprint density at radius 1 is 0.326 bits per heavy atom. The molecular weight excluding hydrogens is 1770 g/mol. The maximum atomic E-state index is 15.0. The topological polar surface area (TPSA) is 981 Å². The molecule has 1 fully saturated rings. The molecule has 1 heterocycles. The van der Waals surface area contributed by atoms with Gasteiger partial charge >= 0.3 is 5.97 Å². The Bertz CT molecular complexity index is 4080. The number of likely N-dealkylation sites (tertiary alicyclic amines) is 1. The SMILES string of the molecule is N=C(N)NCCC[C@H](NC(=O)[C@H](CCCNC(=N)N)NC(=O)[C@H](CCCNC(=N)N)NC(=O)[C@H](CCC(N)=O)NC(=O)[C@H](CCCNC(=N)N)NC(=O)[C@H](CCCNC(=N)N)NC(=O)[C@H](CCCCN)NC(=O)[C@H](CCCCN)NC(=O)[C@H](CCCNC(=N)N)NC(=O)CNC(=O)[C@H](CCCNC(=N)N)NC(=O)[C@H](CCCCN)NC(=O)[C@@H]1CCCN1C(=O)Cc1ccc(O)cc1)C(=O)O. The van der Waals surface area contributed by atoms with Crippen LogP contribution in [0.25, 0.3) is 0 Å². The summed E-state index contributed by atoms with van der Waals surface area (Å²) >= 11 is 0. The smallest absolute Gasteiger partial charge is 0.326 e. The van der Waals surface area contributed by atoms with Gasteiger partial charge in [0.1, 0.15) is 78.3 Å². The lowest BCUT2D eigenvalue weighted by Gasteiger charge is -2.28. The maximum Gasteiger partial charge on any atom is 0.326 e. The maximum absolute atomic E-state index is 15.0. The molecule has 1 saturated heterocycles. The number of nitrogens with two attached hydrogens (primary N) is 11. The fourth-order valence-corrected chi connectivity index (χ4v) is 13.9. The molecule has 0 aromatic heterocycles. The van der Waals surface area contributed by atoms with Crippen molar-refractivity contribution in [1.82, 2.24) is 106 Å². The van der Waals surface area contributed by atoms with Crippen molar-refractivity contribution >= 4 is 130 Å². The number of hydrogen-bond donors (Lipinski definition) is 39. The Labute approximate surface area is 782 Å². The van der Waals surface area contributed by atoms with Crippen molar-refractivity contribution < 1.29 is 82.1 Å². The highest BCUT2D eigenvalue weighted by atomic mass is 16.4. The zero-order valence-corrected chi connectivity index (χ0v) is 76.3. The number of hydrogen-bond acceptors (Lipinski definition) is 26. The van der Waals surface area contributed by atoms with Crippen LogP contribution in [0, 0.1) is 37.9 Å². The van der Waals surface area contributed by atoms with Crippen LogP contribution in [0.5, 0.6) is 5.75 Å². The first kappa shape index (κ1) is 117. The van der Waals surface area contributed by atoms with E-state index in [0.29, 0.717) is 37.7 Å². The summed E-state index contributed by atoms with van der Waals surface area (Å²) in [5.41, 5.74) is 62.4. The van der Waals surface area contributed by atoms with Crippen molar-refractivity contribution in [1.29, 1.82) is 37.9 Å². The number of aromatic hydroxyl groups is 1. The van der Waals surface area contributed by atoms with Crippen LogP contribution in [0.15, 0.2) is 24.3 Å². The summed E-state index contributed by atoms with van der Waals surface area (Å²) in [7, 11) is 0. The summed E-state index contributed by atoms with van der Waals surface area (Å²) in [6.45, 7) is -0.189. The predicted molar refractivity (Wildman–Crippen MR) is 500 cm³/mol. The Kier molecular flexibility index (Phi) is 57.4.